The fourth-order valence-electron chi connectivity index (χ4n) is 13.9. The lowest BCUT2D eigenvalue weighted by molar-refractivity contribution is 0.834. The third kappa shape index (κ3) is 4.77. The summed E-state index contributed by atoms with van der Waals surface area (Å²) in [7, 11) is 0. The normalized spacial score (nSPS) is 15.5. The molecule has 5 heteroatoms. The Morgan fingerprint density at radius 3 is 1.06 bits per heavy atom. The van der Waals surface area contributed by atoms with E-state index >= 15 is 0 Å². The summed E-state index contributed by atoms with van der Waals surface area (Å²) < 4.78 is 10.2. The Morgan fingerprint density at radius 2 is 0.686 bits per heavy atom. The van der Waals surface area contributed by atoms with Crippen molar-refractivity contribution in [2.75, 3.05) is 0 Å². The van der Waals surface area contributed by atoms with Crippen LogP contribution in [0.1, 0.15) is 73.3 Å². The van der Waals surface area contributed by atoms with Crippen LogP contribution in [-0.2, 0) is 0 Å². The van der Waals surface area contributed by atoms with Crippen LogP contribution in [0, 0.1) is 0 Å². The zero-order valence-corrected chi connectivity index (χ0v) is 39.6. The molecule has 0 spiro atoms. The minimum absolute atomic E-state index is 0.186. The van der Waals surface area contributed by atoms with Crippen LogP contribution in [0.15, 0.2) is 194 Å². The van der Waals surface area contributed by atoms with Crippen LogP contribution >= 0.6 is 0 Å². The number of para-hydroxylation sites is 6. The van der Waals surface area contributed by atoms with Gasteiger partial charge in [-0.2, -0.15) is 0 Å². The Balaban J connectivity index is 1.06. The molecule has 7 heterocycles. The lowest BCUT2D eigenvalue weighted by Crippen LogP contribution is -2.59. The molecule has 3 aliphatic heterocycles. The summed E-state index contributed by atoms with van der Waals surface area (Å²) in [5, 5.41) is 7.67. The van der Waals surface area contributed by atoms with Gasteiger partial charge in [0.1, 0.15) is 11.3 Å². The van der Waals surface area contributed by atoms with E-state index in [4.69, 9.17) is 0 Å². The van der Waals surface area contributed by atoms with Crippen molar-refractivity contribution in [1.29, 1.82) is 0 Å². The molecule has 70 heavy (non-hydrogen) atoms. The molecule has 0 amide bonds. The van der Waals surface area contributed by atoms with Crippen LogP contribution in [0.25, 0.3) is 99.6 Å². The first-order valence-corrected chi connectivity index (χ1v) is 25.1. The summed E-state index contributed by atoms with van der Waals surface area (Å²) >= 11 is 0. The number of benzene rings is 9. The van der Waals surface area contributed by atoms with Crippen LogP contribution in [0.3, 0.4) is 0 Å². The Bertz CT molecular complexity index is 4150. The first-order valence-electron chi connectivity index (χ1n) is 25.1. The van der Waals surface area contributed by atoms with Crippen LogP contribution < -0.4 is 16.4 Å². The summed E-state index contributed by atoms with van der Waals surface area (Å²) in [6.45, 7) is 9.88. The Labute approximate surface area is 406 Å². The molecule has 9 aromatic carbocycles. The predicted molar refractivity (Wildman–Crippen MR) is 294 cm³/mol. The zero-order valence-electron chi connectivity index (χ0n) is 39.6. The van der Waals surface area contributed by atoms with Crippen LogP contribution in [-0.4, -0.2) is 25.0 Å². The molecule has 0 aliphatic carbocycles. The molecule has 0 N–H and O–H groups in total. The Morgan fingerprint density at radius 1 is 0.357 bits per heavy atom. The molecule has 0 fully saturated rings. The van der Waals surface area contributed by atoms with E-state index in [9.17, 15) is 0 Å². The summed E-state index contributed by atoms with van der Waals surface area (Å²) in [6, 6.07) is 73.5. The average Bonchev–Trinajstić information content (AvgIpc) is 4.20. The largest absolute Gasteiger partial charge is 0.295 e. The van der Waals surface area contributed by atoms with Crippen molar-refractivity contribution >= 4 is 88.8 Å². The molecular weight excluding hydrogens is 848 g/mol. The van der Waals surface area contributed by atoms with Gasteiger partial charge in [0.2, 0.25) is 6.71 Å². The first-order chi connectivity index (χ1) is 34.4. The van der Waals surface area contributed by atoms with Crippen LogP contribution in [0.2, 0.25) is 0 Å². The van der Waals surface area contributed by atoms with E-state index in [1.165, 1.54) is 127 Å². The molecule has 2 atom stereocenters. The van der Waals surface area contributed by atoms with Crippen LogP contribution in [0.4, 0.5) is 0 Å². The summed E-state index contributed by atoms with van der Waals surface area (Å²) in [5.41, 5.74) is 26.6. The van der Waals surface area contributed by atoms with Gasteiger partial charge >= 0.3 is 0 Å². The van der Waals surface area contributed by atoms with Crippen molar-refractivity contribution in [2.45, 2.75) is 45.4 Å². The standard InChI is InChI=1S/C65H47BN4/c1-37(2)40-31-49-38(3)51-33-43(69-57-29-17-13-25-47(57)59-45-23-11-15-27-55(45)67(64(59)69)41-19-7-5-8-20-41)35-53-54-36-44(34-52-39(4)50(32-40)61(49)66(62(51)53)63(52)54)70-58-30-18-14-26-48(58)60-46-24-12-16-28-56(46)68(65(60)70)42-21-9-6-10-22-42/h5-39H,1-4H3. The molecule has 4 aromatic heterocycles. The van der Waals surface area contributed by atoms with Gasteiger partial charge < -0.3 is 0 Å². The maximum atomic E-state index is 2.59. The topological polar surface area (TPSA) is 19.7 Å². The molecule has 16 rings (SSSR count). The van der Waals surface area contributed by atoms with Crippen molar-refractivity contribution in [2.24, 2.45) is 0 Å². The molecule has 0 saturated carbocycles. The van der Waals surface area contributed by atoms with Gasteiger partial charge in [-0.3, -0.25) is 18.3 Å². The van der Waals surface area contributed by atoms with E-state index in [2.05, 4.69) is 240 Å². The van der Waals surface area contributed by atoms with E-state index in [-0.39, 0.29) is 18.5 Å². The zero-order chi connectivity index (χ0) is 46.3. The summed E-state index contributed by atoms with van der Waals surface area (Å²) in [5.74, 6) is 0.841. The van der Waals surface area contributed by atoms with Crippen molar-refractivity contribution in [3.05, 3.63) is 222 Å². The van der Waals surface area contributed by atoms with E-state index in [0.29, 0.717) is 5.92 Å². The molecule has 0 bridgehead atoms. The SMILES string of the molecule is CC(C)c1cc2c3c(c1)C(C)c1cc(-n4c5ccccc5c5c6ccccc6n(-c6ccccc6)c54)cc4c1B3c1c-4cc(-n3c4ccccc4c4c5ccccc5n(-c5ccccc5)c43)cc1C2C. The highest BCUT2D eigenvalue weighted by molar-refractivity contribution is 7.01. The number of fused-ring (bicyclic) bond motifs is 11. The van der Waals surface area contributed by atoms with Crippen molar-refractivity contribution in [3.8, 4) is 33.9 Å². The number of rotatable bonds is 5. The van der Waals surface area contributed by atoms with Gasteiger partial charge in [-0.25, -0.2) is 0 Å². The van der Waals surface area contributed by atoms with Gasteiger partial charge in [-0.05, 0) is 118 Å². The fraction of sp³-hybridized carbons (Fsp3) is 0.108. The third-order valence-corrected chi connectivity index (χ3v) is 16.8. The monoisotopic (exact) mass is 894 g/mol. The summed E-state index contributed by atoms with van der Waals surface area (Å²) in [6.07, 6.45) is 0. The molecule has 0 radical (unpaired) electrons. The molecule has 0 saturated heterocycles. The van der Waals surface area contributed by atoms with Gasteiger partial charge in [-0.15, -0.1) is 0 Å². The Kier molecular flexibility index (Phi) is 7.57. The lowest BCUT2D eigenvalue weighted by atomic mass is 9.31. The predicted octanol–water partition coefficient (Wildman–Crippen LogP) is 14.3. The number of hydrogen-bond acceptors (Lipinski definition) is 0. The molecule has 330 valence electrons. The second kappa shape index (κ2) is 13.7. The van der Waals surface area contributed by atoms with E-state index in [0.717, 1.165) is 11.4 Å². The first kappa shape index (κ1) is 38.7. The molecule has 2 unspecified atom stereocenters. The van der Waals surface area contributed by atoms with Crippen LogP contribution in [0.5, 0.6) is 0 Å². The number of aromatic nitrogens is 4. The summed E-state index contributed by atoms with van der Waals surface area (Å²) in [4.78, 5) is 0. The fourth-order valence-corrected chi connectivity index (χ4v) is 13.9. The van der Waals surface area contributed by atoms with Gasteiger partial charge in [0.05, 0.1) is 22.1 Å². The maximum absolute atomic E-state index is 2.59. The molecule has 3 aliphatic rings. The van der Waals surface area contributed by atoms with E-state index in [1.807, 2.05) is 0 Å². The van der Waals surface area contributed by atoms with Gasteiger partial charge in [0, 0.05) is 66.9 Å². The van der Waals surface area contributed by atoms with Gasteiger partial charge in [0.25, 0.3) is 0 Å². The quantitative estimate of drug-likeness (QED) is 0.153. The smallest absolute Gasteiger partial charge is 0.244 e. The lowest BCUT2D eigenvalue weighted by Gasteiger charge is -2.38. The highest BCUT2D eigenvalue weighted by atomic mass is 15.1. The van der Waals surface area contributed by atoms with Gasteiger partial charge in [-0.1, -0.05) is 165 Å². The van der Waals surface area contributed by atoms with Crippen molar-refractivity contribution in [3.63, 3.8) is 0 Å². The second-order valence-electron chi connectivity index (χ2n) is 20.6. The average molecular weight is 895 g/mol. The van der Waals surface area contributed by atoms with Crippen molar-refractivity contribution < 1.29 is 0 Å². The van der Waals surface area contributed by atoms with Crippen molar-refractivity contribution in [1.82, 2.24) is 18.3 Å². The third-order valence-electron chi connectivity index (χ3n) is 16.8. The van der Waals surface area contributed by atoms with Gasteiger partial charge in [0.15, 0.2) is 0 Å². The molecular formula is C65H47BN4. The number of hydrogen-bond donors (Lipinski definition) is 0. The highest BCUT2D eigenvalue weighted by Crippen LogP contribution is 2.48. The van der Waals surface area contributed by atoms with E-state index in [1.54, 1.807) is 5.46 Å². The molecule has 4 nitrogen and oxygen atoms in total. The highest BCUT2D eigenvalue weighted by Gasteiger charge is 2.48. The maximum Gasteiger partial charge on any atom is 0.244 e. The number of nitrogens with zero attached hydrogens (tertiary/aromatic N) is 4. The van der Waals surface area contributed by atoms with E-state index < -0.39 is 0 Å². The molecule has 13 aromatic rings. The minimum atomic E-state index is 0.186. The minimum Gasteiger partial charge on any atom is -0.295 e. The Hall–Kier alpha value is -8.28. The second-order valence-corrected chi connectivity index (χ2v) is 20.6.